The summed E-state index contributed by atoms with van der Waals surface area (Å²) >= 11 is 1.89. The monoisotopic (exact) mass is 198 g/mol. The Morgan fingerprint density at radius 2 is 1.62 bits per heavy atom. The van der Waals surface area contributed by atoms with Crippen LogP contribution in [0.15, 0.2) is 25.3 Å². The van der Waals surface area contributed by atoms with E-state index in [2.05, 4.69) is 53.0 Å². The quantitative estimate of drug-likeness (QED) is 0.567. The van der Waals surface area contributed by atoms with E-state index in [9.17, 15) is 0 Å². The third kappa shape index (κ3) is 9.35. The lowest BCUT2D eigenvalue weighted by atomic mass is 10.4. The standard InChI is InChI=1S/C7H10S.C3H8.C2H4/c1-3-7-5-4-6(2)8-7;1-3-2;1-2/h4-5H,3H2,1-2H3;3H2,1-2H3;1-2H2. The maximum atomic E-state index is 3.00. The van der Waals surface area contributed by atoms with E-state index >= 15 is 0 Å². The molecule has 0 amide bonds. The molecule has 0 aliphatic carbocycles. The number of hydrogen-bond acceptors (Lipinski definition) is 1. The van der Waals surface area contributed by atoms with E-state index in [0.29, 0.717) is 0 Å². The van der Waals surface area contributed by atoms with Gasteiger partial charge in [-0.2, -0.15) is 0 Å². The van der Waals surface area contributed by atoms with Gasteiger partial charge in [0.25, 0.3) is 0 Å². The molecule has 0 nitrogen and oxygen atoms in total. The second-order valence-corrected chi connectivity index (χ2v) is 3.95. The zero-order valence-corrected chi connectivity index (χ0v) is 10.2. The highest BCUT2D eigenvalue weighted by molar-refractivity contribution is 7.11. The van der Waals surface area contributed by atoms with Crippen LogP contribution in [0.5, 0.6) is 0 Å². The molecule has 0 aliphatic rings. The van der Waals surface area contributed by atoms with Gasteiger partial charge in [0.15, 0.2) is 0 Å². The maximum Gasteiger partial charge on any atom is 0.00453 e. The number of thiophene rings is 1. The van der Waals surface area contributed by atoms with E-state index in [0.717, 1.165) is 0 Å². The van der Waals surface area contributed by atoms with Gasteiger partial charge in [0.05, 0.1) is 0 Å². The van der Waals surface area contributed by atoms with E-state index in [1.54, 1.807) is 0 Å². The van der Waals surface area contributed by atoms with Crippen molar-refractivity contribution in [3.8, 4) is 0 Å². The minimum atomic E-state index is 1.18. The van der Waals surface area contributed by atoms with Gasteiger partial charge in [0, 0.05) is 9.75 Å². The van der Waals surface area contributed by atoms with Gasteiger partial charge in [-0.25, -0.2) is 0 Å². The highest BCUT2D eigenvalue weighted by atomic mass is 32.1. The van der Waals surface area contributed by atoms with Gasteiger partial charge in [-0.15, -0.1) is 24.5 Å². The number of hydrogen-bond donors (Lipinski definition) is 0. The highest BCUT2D eigenvalue weighted by Crippen LogP contribution is 2.14. The summed E-state index contributed by atoms with van der Waals surface area (Å²) in [5, 5.41) is 0. The predicted molar refractivity (Wildman–Crippen MR) is 65.7 cm³/mol. The van der Waals surface area contributed by atoms with Crippen LogP contribution < -0.4 is 0 Å². The van der Waals surface area contributed by atoms with Gasteiger partial charge < -0.3 is 0 Å². The lowest BCUT2D eigenvalue weighted by molar-refractivity contribution is 1.09. The van der Waals surface area contributed by atoms with Crippen LogP contribution in [0.25, 0.3) is 0 Å². The molecule has 1 heteroatoms. The molecule has 1 heterocycles. The molecule has 0 spiro atoms. The second kappa shape index (κ2) is 11.4. The SMILES string of the molecule is C=C.CCC.CCc1ccc(C)s1. The fourth-order valence-electron chi connectivity index (χ4n) is 0.675. The molecule has 0 aromatic carbocycles. The van der Waals surface area contributed by atoms with Gasteiger partial charge >= 0.3 is 0 Å². The molecule has 0 saturated heterocycles. The minimum Gasteiger partial charge on any atom is -0.146 e. The van der Waals surface area contributed by atoms with E-state index in [-0.39, 0.29) is 0 Å². The van der Waals surface area contributed by atoms with Crippen molar-refractivity contribution in [2.75, 3.05) is 0 Å². The molecule has 1 aromatic rings. The zero-order valence-electron chi connectivity index (χ0n) is 9.39. The summed E-state index contributed by atoms with van der Waals surface area (Å²) in [4.78, 5) is 2.91. The Morgan fingerprint density at radius 1 is 1.15 bits per heavy atom. The molecule has 0 radical (unpaired) electrons. The molecular weight excluding hydrogens is 176 g/mol. The Kier molecular flexibility index (Phi) is 13.1. The van der Waals surface area contributed by atoms with Crippen molar-refractivity contribution in [2.24, 2.45) is 0 Å². The van der Waals surface area contributed by atoms with E-state index in [4.69, 9.17) is 0 Å². The van der Waals surface area contributed by atoms with E-state index in [1.165, 1.54) is 22.6 Å². The smallest absolute Gasteiger partial charge is 0.00453 e. The summed E-state index contributed by atoms with van der Waals surface area (Å²) in [6, 6.07) is 4.36. The summed E-state index contributed by atoms with van der Waals surface area (Å²) in [6.45, 7) is 14.6. The van der Waals surface area contributed by atoms with E-state index < -0.39 is 0 Å². The second-order valence-electron chi connectivity index (χ2n) is 2.57. The molecule has 0 atom stereocenters. The van der Waals surface area contributed by atoms with Gasteiger partial charge in [0.1, 0.15) is 0 Å². The van der Waals surface area contributed by atoms with Crippen molar-refractivity contribution in [2.45, 2.75) is 40.5 Å². The molecule has 0 saturated carbocycles. The molecule has 0 bridgehead atoms. The Labute approximate surface area is 87.3 Å². The molecule has 1 rings (SSSR count). The lowest BCUT2D eigenvalue weighted by Gasteiger charge is -1.80. The van der Waals surface area contributed by atoms with Gasteiger partial charge in [-0.3, -0.25) is 0 Å². The Hall–Kier alpha value is -0.560. The van der Waals surface area contributed by atoms with Crippen molar-refractivity contribution in [1.29, 1.82) is 0 Å². The average Bonchev–Trinajstić information content (AvgIpc) is 2.56. The first-order valence-electron chi connectivity index (χ1n) is 4.79. The van der Waals surface area contributed by atoms with Crippen LogP contribution in [-0.4, -0.2) is 0 Å². The first kappa shape index (κ1) is 14.9. The molecule has 0 unspecified atom stereocenters. The lowest BCUT2D eigenvalue weighted by Crippen LogP contribution is -1.63. The first-order valence-corrected chi connectivity index (χ1v) is 5.61. The molecule has 76 valence electrons. The largest absolute Gasteiger partial charge is 0.146 e. The summed E-state index contributed by atoms with van der Waals surface area (Å²) < 4.78 is 0. The van der Waals surface area contributed by atoms with Crippen molar-refractivity contribution >= 4 is 11.3 Å². The first-order chi connectivity index (χ1) is 6.24. The molecule has 0 aliphatic heterocycles. The zero-order chi connectivity index (χ0) is 10.7. The molecular formula is C12H22S. The van der Waals surface area contributed by atoms with Crippen LogP contribution in [0.4, 0.5) is 0 Å². The fourth-order valence-corrected chi connectivity index (χ4v) is 1.51. The average molecular weight is 198 g/mol. The number of rotatable bonds is 1. The van der Waals surface area contributed by atoms with Crippen LogP contribution in [0.3, 0.4) is 0 Å². The third-order valence-corrected chi connectivity index (χ3v) is 2.29. The Bertz CT molecular complexity index is 189. The molecule has 0 fully saturated rings. The fraction of sp³-hybridized carbons (Fsp3) is 0.500. The van der Waals surface area contributed by atoms with Crippen LogP contribution in [0.1, 0.15) is 36.9 Å². The highest BCUT2D eigenvalue weighted by Gasteiger charge is 1.89. The van der Waals surface area contributed by atoms with Gasteiger partial charge in [0.2, 0.25) is 0 Å². The molecule has 1 aromatic heterocycles. The van der Waals surface area contributed by atoms with Crippen molar-refractivity contribution < 1.29 is 0 Å². The third-order valence-electron chi connectivity index (χ3n) is 1.14. The summed E-state index contributed by atoms with van der Waals surface area (Å²) in [5.41, 5.74) is 0. The van der Waals surface area contributed by atoms with E-state index in [1.807, 2.05) is 11.3 Å². The molecule has 13 heavy (non-hydrogen) atoms. The Morgan fingerprint density at radius 3 is 1.77 bits per heavy atom. The molecule has 0 N–H and O–H groups in total. The van der Waals surface area contributed by atoms with Crippen molar-refractivity contribution in [3.63, 3.8) is 0 Å². The van der Waals surface area contributed by atoms with Crippen molar-refractivity contribution in [3.05, 3.63) is 35.0 Å². The van der Waals surface area contributed by atoms with Crippen LogP contribution >= 0.6 is 11.3 Å². The summed E-state index contributed by atoms with van der Waals surface area (Å²) in [6.07, 6.45) is 2.43. The van der Waals surface area contributed by atoms with Crippen LogP contribution in [0, 0.1) is 6.92 Å². The van der Waals surface area contributed by atoms with Crippen LogP contribution in [-0.2, 0) is 6.42 Å². The van der Waals surface area contributed by atoms with Crippen molar-refractivity contribution in [1.82, 2.24) is 0 Å². The minimum absolute atomic E-state index is 1.18. The topological polar surface area (TPSA) is 0 Å². The predicted octanol–water partition coefficient (Wildman–Crippen LogP) is 4.84. The Balaban J connectivity index is 0. The maximum absolute atomic E-state index is 3.00. The summed E-state index contributed by atoms with van der Waals surface area (Å²) in [7, 11) is 0. The normalized spacial score (nSPS) is 7.69. The number of aryl methyl sites for hydroxylation is 2. The van der Waals surface area contributed by atoms with Crippen LogP contribution in [0.2, 0.25) is 0 Å². The van der Waals surface area contributed by atoms with Gasteiger partial charge in [-0.1, -0.05) is 27.2 Å². The summed E-state index contributed by atoms with van der Waals surface area (Å²) in [5.74, 6) is 0. The van der Waals surface area contributed by atoms with Gasteiger partial charge in [-0.05, 0) is 25.5 Å².